The quantitative estimate of drug-likeness (QED) is 0.906. The summed E-state index contributed by atoms with van der Waals surface area (Å²) in [6.07, 6.45) is 0.873. The topological polar surface area (TPSA) is 37.3 Å². The van der Waals surface area contributed by atoms with Crippen molar-refractivity contribution in [3.63, 3.8) is 0 Å². The zero-order valence-corrected chi connectivity index (χ0v) is 11.5. The van der Waals surface area contributed by atoms with E-state index in [4.69, 9.17) is 5.11 Å². The first kappa shape index (κ1) is 12.9. The zero-order valence-electron chi connectivity index (χ0n) is 11.5. The summed E-state index contributed by atoms with van der Waals surface area (Å²) in [6.45, 7) is 2.23. The Bertz CT molecular complexity index is 598. The van der Waals surface area contributed by atoms with Gasteiger partial charge in [-0.25, -0.2) is 0 Å². The van der Waals surface area contributed by atoms with Gasteiger partial charge in [-0.05, 0) is 28.7 Å². The molecular formula is C18H18O2. The predicted molar refractivity (Wildman–Crippen MR) is 79.1 cm³/mol. The Morgan fingerprint density at radius 3 is 1.85 bits per heavy atom. The second-order valence-electron chi connectivity index (χ2n) is 5.46. The zero-order chi connectivity index (χ0) is 14.1. The van der Waals surface area contributed by atoms with Crippen LogP contribution in [0.15, 0.2) is 48.5 Å². The standard InChI is InChI=1S/C18H18O2/c1-12-13-6-2-4-8-15(13)17(10-11-18(19)20)16-9-5-3-7-14(12)16/h2-9,12,17H,10-11H2,1H3,(H,19,20). The number of carboxylic acids is 1. The van der Waals surface area contributed by atoms with E-state index < -0.39 is 5.97 Å². The van der Waals surface area contributed by atoms with Gasteiger partial charge in [0, 0.05) is 18.3 Å². The molecular weight excluding hydrogens is 248 g/mol. The third-order valence-corrected chi connectivity index (χ3v) is 4.32. The predicted octanol–water partition coefficient (Wildman–Crippen LogP) is 4.15. The van der Waals surface area contributed by atoms with E-state index in [0.29, 0.717) is 12.3 Å². The second-order valence-corrected chi connectivity index (χ2v) is 5.46. The molecule has 2 aromatic carbocycles. The highest BCUT2D eigenvalue weighted by atomic mass is 16.4. The van der Waals surface area contributed by atoms with Crippen molar-refractivity contribution in [2.75, 3.05) is 0 Å². The van der Waals surface area contributed by atoms with Crippen molar-refractivity contribution >= 4 is 5.97 Å². The number of benzene rings is 2. The third-order valence-electron chi connectivity index (χ3n) is 4.32. The second kappa shape index (κ2) is 5.12. The molecule has 0 aliphatic heterocycles. The van der Waals surface area contributed by atoms with E-state index in [-0.39, 0.29) is 12.3 Å². The molecule has 2 aromatic rings. The first-order valence-corrected chi connectivity index (χ1v) is 7.08. The molecule has 2 heteroatoms. The first-order valence-electron chi connectivity index (χ1n) is 7.08. The highest BCUT2D eigenvalue weighted by molar-refractivity contribution is 5.67. The van der Waals surface area contributed by atoms with E-state index in [1.807, 2.05) is 12.1 Å². The van der Waals surface area contributed by atoms with Crippen molar-refractivity contribution in [2.45, 2.75) is 31.6 Å². The molecule has 102 valence electrons. The molecule has 0 saturated carbocycles. The first-order chi connectivity index (χ1) is 9.68. The van der Waals surface area contributed by atoms with Crippen molar-refractivity contribution < 1.29 is 9.90 Å². The van der Waals surface area contributed by atoms with Crippen LogP contribution in [-0.2, 0) is 4.79 Å². The Morgan fingerprint density at radius 2 is 1.40 bits per heavy atom. The molecule has 0 aromatic heterocycles. The highest BCUT2D eigenvalue weighted by Gasteiger charge is 2.29. The van der Waals surface area contributed by atoms with Crippen molar-refractivity contribution in [3.05, 3.63) is 70.8 Å². The van der Waals surface area contributed by atoms with Gasteiger partial charge in [-0.1, -0.05) is 55.5 Å². The molecule has 0 unspecified atom stereocenters. The van der Waals surface area contributed by atoms with Gasteiger partial charge in [0.15, 0.2) is 0 Å². The van der Waals surface area contributed by atoms with Crippen molar-refractivity contribution in [1.29, 1.82) is 0 Å². The lowest BCUT2D eigenvalue weighted by atomic mass is 9.72. The maximum absolute atomic E-state index is 10.9. The number of fused-ring (bicyclic) bond motifs is 2. The minimum absolute atomic E-state index is 0.203. The molecule has 20 heavy (non-hydrogen) atoms. The lowest BCUT2D eigenvalue weighted by molar-refractivity contribution is -0.137. The summed E-state index contributed by atoms with van der Waals surface area (Å²) in [5, 5.41) is 8.99. The maximum Gasteiger partial charge on any atom is 0.303 e. The van der Waals surface area contributed by atoms with Gasteiger partial charge >= 0.3 is 5.97 Å². The average Bonchev–Trinajstić information content (AvgIpc) is 2.47. The molecule has 1 aliphatic carbocycles. The van der Waals surface area contributed by atoms with Crippen LogP contribution in [0.1, 0.15) is 53.9 Å². The van der Waals surface area contributed by atoms with Gasteiger partial charge in [0.25, 0.3) is 0 Å². The Balaban J connectivity index is 2.09. The van der Waals surface area contributed by atoms with Crippen LogP contribution >= 0.6 is 0 Å². The number of carboxylic acid groups (broad SMARTS) is 1. The van der Waals surface area contributed by atoms with Gasteiger partial charge < -0.3 is 5.11 Å². The summed E-state index contributed by atoms with van der Waals surface area (Å²) < 4.78 is 0. The van der Waals surface area contributed by atoms with E-state index in [9.17, 15) is 4.79 Å². The number of hydrogen-bond donors (Lipinski definition) is 1. The smallest absolute Gasteiger partial charge is 0.303 e. The van der Waals surface area contributed by atoms with Crippen LogP contribution in [0.2, 0.25) is 0 Å². The lowest BCUT2D eigenvalue weighted by Gasteiger charge is -2.32. The molecule has 0 bridgehead atoms. The van der Waals surface area contributed by atoms with Gasteiger partial charge in [-0.15, -0.1) is 0 Å². The molecule has 0 radical (unpaired) electrons. The Labute approximate surface area is 119 Å². The summed E-state index contributed by atoms with van der Waals surface area (Å²) in [6, 6.07) is 16.9. The number of aliphatic carboxylic acids is 1. The monoisotopic (exact) mass is 266 g/mol. The van der Waals surface area contributed by atoms with Crippen LogP contribution in [0.4, 0.5) is 0 Å². The van der Waals surface area contributed by atoms with Crippen molar-refractivity contribution in [1.82, 2.24) is 0 Å². The molecule has 0 heterocycles. The van der Waals surface area contributed by atoms with Gasteiger partial charge in [0.05, 0.1) is 0 Å². The van der Waals surface area contributed by atoms with Crippen LogP contribution in [0, 0.1) is 0 Å². The summed E-state index contributed by atoms with van der Waals surface area (Å²) >= 11 is 0. The fourth-order valence-corrected chi connectivity index (χ4v) is 3.36. The average molecular weight is 266 g/mol. The minimum Gasteiger partial charge on any atom is -0.481 e. The van der Waals surface area contributed by atoms with Crippen LogP contribution in [0.25, 0.3) is 0 Å². The molecule has 0 saturated heterocycles. The van der Waals surface area contributed by atoms with Crippen LogP contribution in [-0.4, -0.2) is 11.1 Å². The fraction of sp³-hybridized carbons (Fsp3) is 0.278. The van der Waals surface area contributed by atoms with E-state index >= 15 is 0 Å². The summed E-state index contributed by atoms with van der Waals surface area (Å²) in [5.41, 5.74) is 5.25. The largest absolute Gasteiger partial charge is 0.481 e. The normalized spacial score (nSPS) is 20.1. The number of hydrogen-bond acceptors (Lipinski definition) is 1. The van der Waals surface area contributed by atoms with E-state index in [1.54, 1.807) is 0 Å². The molecule has 0 amide bonds. The summed E-state index contributed by atoms with van der Waals surface area (Å²) in [5.74, 6) is -0.142. The van der Waals surface area contributed by atoms with Gasteiger partial charge in [-0.3, -0.25) is 4.79 Å². The van der Waals surface area contributed by atoms with E-state index in [0.717, 1.165) is 0 Å². The van der Waals surface area contributed by atoms with Crippen LogP contribution < -0.4 is 0 Å². The summed E-state index contributed by atoms with van der Waals surface area (Å²) in [7, 11) is 0. The van der Waals surface area contributed by atoms with E-state index in [1.165, 1.54) is 22.3 Å². The Morgan fingerprint density at radius 1 is 0.950 bits per heavy atom. The van der Waals surface area contributed by atoms with Crippen LogP contribution in [0.5, 0.6) is 0 Å². The summed E-state index contributed by atoms with van der Waals surface area (Å²) in [4.78, 5) is 10.9. The highest BCUT2D eigenvalue weighted by Crippen LogP contribution is 2.44. The third kappa shape index (κ3) is 2.11. The molecule has 1 N–H and O–H groups in total. The molecule has 0 fully saturated rings. The lowest BCUT2D eigenvalue weighted by Crippen LogP contribution is -2.17. The molecule has 2 nitrogen and oxygen atoms in total. The van der Waals surface area contributed by atoms with Gasteiger partial charge in [0.2, 0.25) is 0 Å². The molecule has 0 spiro atoms. The molecule has 3 rings (SSSR count). The van der Waals surface area contributed by atoms with Gasteiger partial charge in [-0.2, -0.15) is 0 Å². The SMILES string of the molecule is CC1c2ccccc2C(CCC(=O)O)c2ccccc21. The Hall–Kier alpha value is -2.09. The van der Waals surface area contributed by atoms with E-state index in [2.05, 4.69) is 43.3 Å². The van der Waals surface area contributed by atoms with Crippen molar-refractivity contribution in [2.24, 2.45) is 0 Å². The molecule has 1 aliphatic rings. The van der Waals surface area contributed by atoms with Crippen LogP contribution in [0.3, 0.4) is 0 Å². The maximum atomic E-state index is 10.9. The number of carbonyl (C=O) groups is 1. The minimum atomic E-state index is -0.724. The Kier molecular flexibility index (Phi) is 3.31. The fourth-order valence-electron chi connectivity index (χ4n) is 3.36. The van der Waals surface area contributed by atoms with Crippen molar-refractivity contribution in [3.8, 4) is 0 Å². The number of rotatable bonds is 3. The van der Waals surface area contributed by atoms with Gasteiger partial charge in [0.1, 0.15) is 0 Å². The molecule has 0 atom stereocenters.